The van der Waals surface area contributed by atoms with Crippen LogP contribution in [0.1, 0.15) is 13.8 Å². The van der Waals surface area contributed by atoms with Gasteiger partial charge < -0.3 is 5.11 Å². The zero-order valence-corrected chi connectivity index (χ0v) is 9.40. The van der Waals surface area contributed by atoms with E-state index in [0.717, 1.165) is 5.56 Å². The Morgan fingerprint density at radius 1 is 1.53 bits per heavy atom. The first-order valence-corrected chi connectivity index (χ1v) is 5.52. The Bertz CT molecular complexity index is 429. The summed E-state index contributed by atoms with van der Waals surface area (Å²) in [5, 5.41) is 25.5. The average molecular weight is 224 g/mol. The van der Waals surface area contributed by atoms with E-state index < -0.39 is 5.60 Å². The van der Waals surface area contributed by atoms with Crippen molar-refractivity contribution in [1.29, 1.82) is 0 Å². The molecular formula is C9H12N4OS. The molecule has 0 atom stereocenters. The second-order valence-corrected chi connectivity index (χ2v) is 4.75. The lowest BCUT2D eigenvalue weighted by atomic mass is 10.1. The first-order chi connectivity index (χ1) is 7.04. The van der Waals surface area contributed by atoms with E-state index in [2.05, 4.69) is 15.4 Å². The molecule has 0 bridgehead atoms. The highest BCUT2D eigenvalue weighted by atomic mass is 32.1. The Balaban J connectivity index is 2.18. The number of hydrogen-bond donors (Lipinski definition) is 1. The van der Waals surface area contributed by atoms with Crippen molar-refractivity contribution >= 4 is 11.3 Å². The Kier molecular flexibility index (Phi) is 2.54. The summed E-state index contributed by atoms with van der Waals surface area (Å²) in [6.07, 6.45) is 0. The summed E-state index contributed by atoms with van der Waals surface area (Å²) < 4.78 is 0. The van der Waals surface area contributed by atoms with Gasteiger partial charge in [-0.25, -0.2) is 0 Å². The summed E-state index contributed by atoms with van der Waals surface area (Å²) in [6.45, 7) is 3.76. The lowest BCUT2D eigenvalue weighted by molar-refractivity contribution is 0.0526. The molecule has 2 heterocycles. The number of aromatic nitrogens is 4. The standard InChI is InChI=1S/C9H12N4OS/c1-9(2,14)6-13-11-8(10-12-13)7-3-4-15-5-7/h3-5,14H,6H2,1-2H3. The zero-order chi connectivity index (χ0) is 10.9. The summed E-state index contributed by atoms with van der Waals surface area (Å²) in [5.74, 6) is 0.598. The summed E-state index contributed by atoms with van der Waals surface area (Å²) in [7, 11) is 0. The molecule has 0 aromatic carbocycles. The molecule has 80 valence electrons. The van der Waals surface area contributed by atoms with E-state index >= 15 is 0 Å². The molecule has 0 saturated heterocycles. The molecule has 0 aliphatic carbocycles. The minimum Gasteiger partial charge on any atom is -0.388 e. The van der Waals surface area contributed by atoms with Gasteiger partial charge in [0.25, 0.3) is 0 Å². The van der Waals surface area contributed by atoms with Crippen molar-refractivity contribution in [2.45, 2.75) is 26.0 Å². The molecule has 2 aromatic rings. The number of nitrogens with zero attached hydrogens (tertiary/aromatic N) is 4. The second kappa shape index (κ2) is 3.71. The van der Waals surface area contributed by atoms with Gasteiger partial charge in [-0.3, -0.25) is 0 Å². The highest BCUT2D eigenvalue weighted by Gasteiger charge is 2.16. The van der Waals surface area contributed by atoms with Crippen LogP contribution in [0, 0.1) is 0 Å². The minimum atomic E-state index is -0.827. The van der Waals surface area contributed by atoms with Gasteiger partial charge in [0.15, 0.2) is 0 Å². The number of aliphatic hydroxyl groups is 1. The van der Waals surface area contributed by atoms with Crippen LogP contribution in [0.2, 0.25) is 0 Å². The molecule has 0 unspecified atom stereocenters. The lowest BCUT2D eigenvalue weighted by Gasteiger charge is -2.14. The Hall–Kier alpha value is -1.27. The average Bonchev–Trinajstić information content (AvgIpc) is 2.68. The smallest absolute Gasteiger partial charge is 0.205 e. The molecule has 15 heavy (non-hydrogen) atoms. The monoisotopic (exact) mass is 224 g/mol. The van der Waals surface area contributed by atoms with Crippen molar-refractivity contribution in [3.05, 3.63) is 16.8 Å². The fraction of sp³-hybridized carbons (Fsp3) is 0.444. The quantitative estimate of drug-likeness (QED) is 0.850. The Morgan fingerprint density at radius 3 is 2.93 bits per heavy atom. The number of thiophene rings is 1. The molecule has 0 radical (unpaired) electrons. The summed E-state index contributed by atoms with van der Waals surface area (Å²) in [6, 6.07) is 1.94. The zero-order valence-electron chi connectivity index (χ0n) is 8.58. The number of tetrazole rings is 1. The normalized spacial score (nSPS) is 11.9. The van der Waals surface area contributed by atoms with E-state index in [0.29, 0.717) is 12.4 Å². The second-order valence-electron chi connectivity index (χ2n) is 3.97. The van der Waals surface area contributed by atoms with Gasteiger partial charge in [-0.2, -0.15) is 16.1 Å². The predicted octanol–water partition coefficient (Wildman–Crippen LogP) is 1.17. The van der Waals surface area contributed by atoms with Crippen LogP contribution in [-0.4, -0.2) is 30.9 Å². The third-order valence-electron chi connectivity index (χ3n) is 1.76. The van der Waals surface area contributed by atoms with Crippen molar-refractivity contribution in [2.75, 3.05) is 0 Å². The molecule has 0 aliphatic heterocycles. The van der Waals surface area contributed by atoms with Crippen molar-refractivity contribution in [1.82, 2.24) is 20.2 Å². The SMILES string of the molecule is CC(C)(O)Cn1nnc(-c2ccsc2)n1. The van der Waals surface area contributed by atoms with E-state index in [1.807, 2.05) is 16.8 Å². The predicted molar refractivity (Wildman–Crippen MR) is 57.4 cm³/mol. The van der Waals surface area contributed by atoms with Gasteiger partial charge in [-0.1, -0.05) is 0 Å². The Labute approximate surface area is 91.4 Å². The summed E-state index contributed by atoms with van der Waals surface area (Å²) >= 11 is 1.59. The van der Waals surface area contributed by atoms with Crippen LogP contribution >= 0.6 is 11.3 Å². The summed E-state index contributed by atoms with van der Waals surface area (Å²) in [4.78, 5) is 1.41. The fourth-order valence-electron chi connectivity index (χ4n) is 1.16. The molecule has 2 aromatic heterocycles. The maximum atomic E-state index is 9.58. The lowest BCUT2D eigenvalue weighted by Crippen LogP contribution is -2.27. The largest absolute Gasteiger partial charge is 0.388 e. The highest BCUT2D eigenvalue weighted by molar-refractivity contribution is 7.08. The first kappa shape index (κ1) is 10.3. The van der Waals surface area contributed by atoms with Crippen LogP contribution in [0.25, 0.3) is 11.4 Å². The molecule has 0 spiro atoms. The van der Waals surface area contributed by atoms with Gasteiger partial charge in [0.1, 0.15) is 0 Å². The van der Waals surface area contributed by atoms with E-state index in [9.17, 15) is 5.11 Å². The highest BCUT2D eigenvalue weighted by Crippen LogP contribution is 2.16. The van der Waals surface area contributed by atoms with E-state index in [4.69, 9.17) is 0 Å². The Morgan fingerprint density at radius 2 is 2.33 bits per heavy atom. The van der Waals surface area contributed by atoms with Gasteiger partial charge in [0.2, 0.25) is 5.82 Å². The van der Waals surface area contributed by atoms with Crippen molar-refractivity contribution < 1.29 is 5.11 Å². The van der Waals surface area contributed by atoms with Gasteiger partial charge in [0, 0.05) is 10.9 Å². The molecule has 2 rings (SSSR count). The van der Waals surface area contributed by atoms with Gasteiger partial charge in [0.05, 0.1) is 12.1 Å². The number of rotatable bonds is 3. The van der Waals surface area contributed by atoms with E-state index in [1.54, 1.807) is 25.2 Å². The topological polar surface area (TPSA) is 63.8 Å². The van der Waals surface area contributed by atoms with Crippen molar-refractivity contribution in [3.63, 3.8) is 0 Å². The van der Waals surface area contributed by atoms with Gasteiger partial charge in [-0.15, -0.1) is 10.2 Å². The third kappa shape index (κ3) is 2.60. The van der Waals surface area contributed by atoms with Crippen LogP contribution in [0.4, 0.5) is 0 Å². The molecule has 0 saturated carbocycles. The molecule has 0 amide bonds. The van der Waals surface area contributed by atoms with Crippen molar-refractivity contribution in [3.8, 4) is 11.4 Å². The van der Waals surface area contributed by atoms with Crippen LogP contribution in [0.3, 0.4) is 0 Å². The third-order valence-corrected chi connectivity index (χ3v) is 2.44. The maximum Gasteiger partial charge on any atom is 0.205 e. The van der Waals surface area contributed by atoms with E-state index in [-0.39, 0.29) is 0 Å². The van der Waals surface area contributed by atoms with Crippen LogP contribution in [-0.2, 0) is 6.54 Å². The van der Waals surface area contributed by atoms with Crippen LogP contribution < -0.4 is 0 Å². The van der Waals surface area contributed by atoms with Crippen LogP contribution in [0.5, 0.6) is 0 Å². The molecule has 0 fully saturated rings. The van der Waals surface area contributed by atoms with Gasteiger partial charge in [-0.05, 0) is 30.5 Å². The minimum absolute atomic E-state index is 0.337. The summed E-state index contributed by atoms with van der Waals surface area (Å²) in [5.41, 5.74) is 0.133. The van der Waals surface area contributed by atoms with Crippen molar-refractivity contribution in [2.24, 2.45) is 0 Å². The molecule has 0 aliphatic rings. The maximum absolute atomic E-state index is 9.58. The fourth-order valence-corrected chi connectivity index (χ4v) is 1.80. The molecule has 6 heteroatoms. The molecule has 5 nitrogen and oxygen atoms in total. The molecule has 1 N–H and O–H groups in total. The van der Waals surface area contributed by atoms with Crippen LogP contribution in [0.15, 0.2) is 16.8 Å². The van der Waals surface area contributed by atoms with Gasteiger partial charge >= 0.3 is 0 Å². The molecular weight excluding hydrogens is 212 g/mol. The number of hydrogen-bond acceptors (Lipinski definition) is 5. The van der Waals surface area contributed by atoms with E-state index in [1.165, 1.54) is 4.80 Å². The first-order valence-electron chi connectivity index (χ1n) is 4.57.